The third kappa shape index (κ3) is 4.87. The van der Waals surface area contributed by atoms with E-state index in [0.717, 1.165) is 10.4 Å². The molecule has 2 aromatic heterocycles. The summed E-state index contributed by atoms with van der Waals surface area (Å²) in [6, 6.07) is 12.1. The van der Waals surface area contributed by atoms with E-state index < -0.39 is 0 Å². The molecule has 0 aliphatic carbocycles. The van der Waals surface area contributed by atoms with Gasteiger partial charge in [-0.15, -0.1) is 33.3 Å². The number of carbonyl (C=O) groups excluding carboxylic acids is 1. The van der Waals surface area contributed by atoms with E-state index in [1.807, 2.05) is 35.9 Å². The molecule has 0 N–H and O–H groups in total. The third-order valence-corrected chi connectivity index (χ3v) is 5.87. The van der Waals surface area contributed by atoms with E-state index in [9.17, 15) is 4.79 Å². The molecule has 3 rings (SSSR count). The zero-order valence-corrected chi connectivity index (χ0v) is 16.3. The minimum absolute atomic E-state index is 0.0230. The van der Waals surface area contributed by atoms with Gasteiger partial charge in [-0.05, 0) is 35.4 Å². The number of hydrogen-bond donors (Lipinski definition) is 0. The van der Waals surface area contributed by atoms with Gasteiger partial charge in [0.1, 0.15) is 0 Å². The van der Waals surface area contributed by atoms with Gasteiger partial charge in [0, 0.05) is 18.5 Å². The number of nitrogens with zero attached hydrogens (tertiary/aromatic N) is 3. The van der Waals surface area contributed by atoms with E-state index in [0.29, 0.717) is 17.7 Å². The van der Waals surface area contributed by atoms with Crippen LogP contribution < -0.4 is 0 Å². The van der Waals surface area contributed by atoms with Crippen LogP contribution in [0.25, 0.3) is 10.8 Å². The molecule has 0 saturated carbocycles. The van der Waals surface area contributed by atoms with Crippen molar-refractivity contribution in [3.05, 3.63) is 47.3 Å². The van der Waals surface area contributed by atoms with Gasteiger partial charge >= 0.3 is 0 Å². The fourth-order valence-corrected chi connectivity index (χ4v) is 3.85. The largest absolute Gasteiger partial charge is 0.410 e. The average Bonchev–Trinajstić information content (AvgIpc) is 3.31. The summed E-state index contributed by atoms with van der Waals surface area (Å²) < 4.78 is 5.58. The number of benzene rings is 1. The van der Waals surface area contributed by atoms with Crippen LogP contribution in [-0.2, 0) is 11.3 Å². The molecule has 0 atom stereocenters. The zero-order valence-electron chi connectivity index (χ0n) is 13.8. The van der Waals surface area contributed by atoms with Crippen molar-refractivity contribution >= 4 is 40.8 Å². The van der Waals surface area contributed by atoms with Crippen molar-refractivity contribution in [1.29, 1.82) is 0 Å². The Labute approximate surface area is 158 Å². The normalized spacial score (nSPS) is 10.8. The molecule has 3 aromatic rings. The molecule has 0 aliphatic rings. The molecule has 8 heteroatoms. The van der Waals surface area contributed by atoms with E-state index in [1.165, 1.54) is 16.7 Å². The van der Waals surface area contributed by atoms with E-state index in [1.54, 1.807) is 35.0 Å². The molecule has 0 saturated heterocycles. The molecule has 0 fully saturated rings. The van der Waals surface area contributed by atoms with Crippen LogP contribution in [0.15, 0.2) is 56.3 Å². The Morgan fingerprint density at radius 1 is 1.24 bits per heavy atom. The van der Waals surface area contributed by atoms with Gasteiger partial charge < -0.3 is 9.32 Å². The number of thiophene rings is 1. The molecule has 0 spiro atoms. The van der Waals surface area contributed by atoms with Crippen molar-refractivity contribution in [2.45, 2.75) is 16.7 Å². The predicted octanol–water partition coefficient (Wildman–Crippen LogP) is 4.27. The molecule has 130 valence electrons. The molecule has 1 aromatic carbocycles. The van der Waals surface area contributed by atoms with Crippen molar-refractivity contribution in [1.82, 2.24) is 15.1 Å². The lowest BCUT2D eigenvalue weighted by molar-refractivity contribution is -0.127. The van der Waals surface area contributed by atoms with Crippen molar-refractivity contribution < 1.29 is 9.21 Å². The van der Waals surface area contributed by atoms with Crippen LogP contribution in [0.5, 0.6) is 0 Å². The second kappa shape index (κ2) is 8.55. The van der Waals surface area contributed by atoms with E-state index in [-0.39, 0.29) is 11.7 Å². The first-order chi connectivity index (χ1) is 12.2. The van der Waals surface area contributed by atoms with Gasteiger partial charge in [-0.2, -0.15) is 0 Å². The lowest BCUT2D eigenvalue weighted by Crippen LogP contribution is -2.27. The molecule has 2 heterocycles. The Bertz CT molecular complexity index is 816. The van der Waals surface area contributed by atoms with Crippen LogP contribution in [-0.4, -0.2) is 40.1 Å². The lowest BCUT2D eigenvalue weighted by Gasteiger charge is -2.16. The highest BCUT2D eigenvalue weighted by Crippen LogP contribution is 2.26. The summed E-state index contributed by atoms with van der Waals surface area (Å²) in [4.78, 5) is 16.1. The summed E-state index contributed by atoms with van der Waals surface area (Å²) in [7, 11) is 1.80. The summed E-state index contributed by atoms with van der Waals surface area (Å²) in [6.45, 7) is 0.582. The molecule has 25 heavy (non-hydrogen) atoms. The van der Waals surface area contributed by atoms with Crippen LogP contribution in [0.4, 0.5) is 0 Å². The van der Waals surface area contributed by atoms with Crippen molar-refractivity contribution in [2.75, 3.05) is 19.1 Å². The van der Waals surface area contributed by atoms with Gasteiger partial charge in [0.15, 0.2) is 0 Å². The van der Waals surface area contributed by atoms with E-state index >= 15 is 0 Å². The van der Waals surface area contributed by atoms with Crippen molar-refractivity contribution in [3.8, 4) is 10.8 Å². The molecule has 0 bridgehead atoms. The summed E-state index contributed by atoms with van der Waals surface area (Å²) in [5, 5.41) is 10.4. The molecule has 0 unspecified atom stereocenters. The van der Waals surface area contributed by atoms with Crippen molar-refractivity contribution in [3.63, 3.8) is 0 Å². The Hall–Kier alpha value is -1.77. The smallest absolute Gasteiger partial charge is 0.277 e. The first kappa shape index (κ1) is 18.0. The van der Waals surface area contributed by atoms with Gasteiger partial charge in [0.05, 0.1) is 10.6 Å². The first-order valence-corrected chi connectivity index (χ1v) is 10.6. The monoisotopic (exact) mass is 391 g/mol. The zero-order chi connectivity index (χ0) is 17.6. The maximum Gasteiger partial charge on any atom is 0.277 e. The summed E-state index contributed by atoms with van der Waals surface area (Å²) in [6.07, 6.45) is 2.04. The lowest BCUT2D eigenvalue weighted by atomic mass is 10.2. The Morgan fingerprint density at radius 2 is 2.04 bits per heavy atom. The van der Waals surface area contributed by atoms with Crippen LogP contribution in [0.3, 0.4) is 0 Å². The minimum Gasteiger partial charge on any atom is -0.410 e. The van der Waals surface area contributed by atoms with E-state index in [4.69, 9.17) is 4.42 Å². The molecular formula is C17H17N3O2S3. The summed E-state index contributed by atoms with van der Waals surface area (Å²) in [5.41, 5.74) is 1.11. The maximum absolute atomic E-state index is 12.3. The van der Waals surface area contributed by atoms with Gasteiger partial charge in [-0.25, -0.2) is 0 Å². The van der Waals surface area contributed by atoms with Gasteiger partial charge in [-0.1, -0.05) is 30.0 Å². The Morgan fingerprint density at radius 3 is 2.72 bits per heavy atom. The summed E-state index contributed by atoms with van der Waals surface area (Å²) >= 11 is 4.50. The Kier molecular flexibility index (Phi) is 6.17. The van der Waals surface area contributed by atoms with Crippen LogP contribution in [0.1, 0.15) is 5.56 Å². The van der Waals surface area contributed by atoms with Gasteiger partial charge in [0.2, 0.25) is 5.91 Å². The fourth-order valence-electron chi connectivity index (χ4n) is 2.09. The highest BCUT2D eigenvalue weighted by atomic mass is 32.2. The maximum atomic E-state index is 12.3. The molecular weight excluding hydrogens is 374 g/mol. The third-order valence-electron chi connectivity index (χ3n) is 3.46. The van der Waals surface area contributed by atoms with Gasteiger partial charge in [-0.3, -0.25) is 4.79 Å². The van der Waals surface area contributed by atoms with Crippen LogP contribution in [0.2, 0.25) is 0 Å². The SMILES string of the molecule is CSc1ccc(CN(C)C(=O)CSc2nnc(-c3cccs3)o2)cc1. The molecule has 0 radical (unpaired) electrons. The summed E-state index contributed by atoms with van der Waals surface area (Å²) in [5.74, 6) is 0.785. The van der Waals surface area contributed by atoms with E-state index in [2.05, 4.69) is 22.3 Å². The highest BCUT2D eigenvalue weighted by Gasteiger charge is 2.14. The topological polar surface area (TPSA) is 59.2 Å². The second-order valence-corrected chi connectivity index (χ2v) is 7.99. The average molecular weight is 392 g/mol. The van der Waals surface area contributed by atoms with Crippen molar-refractivity contribution in [2.24, 2.45) is 0 Å². The number of hydrogen-bond acceptors (Lipinski definition) is 7. The van der Waals surface area contributed by atoms with Crippen LogP contribution in [0, 0.1) is 0 Å². The number of thioether (sulfide) groups is 2. The number of carbonyl (C=O) groups is 1. The quantitative estimate of drug-likeness (QED) is 0.561. The minimum atomic E-state index is 0.0230. The standard InChI is InChI=1S/C17H17N3O2S3/c1-20(10-12-5-7-13(23-2)8-6-12)15(21)11-25-17-19-18-16(22-17)14-4-3-9-24-14/h3-9H,10-11H2,1-2H3. The molecule has 5 nitrogen and oxygen atoms in total. The van der Waals surface area contributed by atoms with Gasteiger partial charge in [0.25, 0.3) is 11.1 Å². The predicted molar refractivity (Wildman–Crippen MR) is 103 cm³/mol. The number of rotatable bonds is 7. The Balaban J connectivity index is 1.51. The first-order valence-electron chi connectivity index (χ1n) is 7.53. The number of aromatic nitrogens is 2. The van der Waals surface area contributed by atoms with Crippen LogP contribution >= 0.6 is 34.9 Å². The highest BCUT2D eigenvalue weighted by molar-refractivity contribution is 7.99. The fraction of sp³-hybridized carbons (Fsp3) is 0.235. The second-order valence-electron chi connectivity index (χ2n) is 5.24. The molecule has 1 amide bonds. The number of amides is 1. The molecule has 0 aliphatic heterocycles.